The first-order valence-electron chi connectivity index (χ1n) is 6.38. The number of nitrogens with zero attached hydrogens (tertiary/aromatic N) is 2. The molecule has 1 heterocycles. The number of ether oxygens (including phenoxy) is 1. The highest BCUT2D eigenvalue weighted by Crippen LogP contribution is 2.24. The molecule has 2 aromatic rings. The lowest BCUT2D eigenvalue weighted by atomic mass is 10.2. The Bertz CT molecular complexity index is 698. The third-order valence-corrected chi connectivity index (χ3v) is 4.07. The van der Waals surface area contributed by atoms with Crippen molar-refractivity contribution >= 4 is 40.3 Å². The molecule has 0 spiro atoms. The third-order valence-electron chi connectivity index (χ3n) is 2.76. The molecule has 0 unspecified atom stereocenters. The van der Waals surface area contributed by atoms with Crippen LogP contribution in [0.4, 0.5) is 9.52 Å². The SMILES string of the molecule is CCc1nc(N/N=C\c2c(F)cccc2Cl)sc1C(=O)OC. The zero-order valence-corrected chi connectivity index (χ0v) is 13.5. The van der Waals surface area contributed by atoms with Crippen LogP contribution in [0.2, 0.25) is 5.02 Å². The van der Waals surface area contributed by atoms with Crippen molar-refractivity contribution in [3.8, 4) is 0 Å². The molecule has 0 saturated heterocycles. The first kappa shape index (κ1) is 16.4. The van der Waals surface area contributed by atoms with Gasteiger partial charge in [0.1, 0.15) is 10.7 Å². The van der Waals surface area contributed by atoms with Crippen LogP contribution < -0.4 is 5.43 Å². The van der Waals surface area contributed by atoms with Gasteiger partial charge in [-0.1, -0.05) is 35.9 Å². The van der Waals surface area contributed by atoms with E-state index in [0.29, 0.717) is 22.1 Å². The van der Waals surface area contributed by atoms with Gasteiger partial charge in [0.25, 0.3) is 0 Å². The molecule has 0 aliphatic rings. The lowest BCUT2D eigenvalue weighted by Crippen LogP contribution is -2.01. The summed E-state index contributed by atoms with van der Waals surface area (Å²) in [5, 5.41) is 4.58. The molecule has 0 atom stereocenters. The summed E-state index contributed by atoms with van der Waals surface area (Å²) in [7, 11) is 1.31. The zero-order valence-electron chi connectivity index (χ0n) is 11.9. The maximum absolute atomic E-state index is 13.6. The second kappa shape index (κ2) is 7.33. The van der Waals surface area contributed by atoms with Gasteiger partial charge >= 0.3 is 5.97 Å². The van der Waals surface area contributed by atoms with Crippen LogP contribution in [0.3, 0.4) is 0 Å². The van der Waals surface area contributed by atoms with Crippen molar-refractivity contribution in [2.75, 3.05) is 12.5 Å². The number of carbonyl (C=O) groups is 1. The average molecular weight is 342 g/mol. The van der Waals surface area contributed by atoms with Crippen molar-refractivity contribution in [1.29, 1.82) is 0 Å². The molecular weight excluding hydrogens is 329 g/mol. The number of carbonyl (C=O) groups excluding carboxylic acids is 1. The molecule has 0 radical (unpaired) electrons. The van der Waals surface area contributed by atoms with Gasteiger partial charge in [0.05, 0.1) is 24.0 Å². The van der Waals surface area contributed by atoms with E-state index in [-0.39, 0.29) is 10.6 Å². The summed E-state index contributed by atoms with van der Waals surface area (Å²) in [6.07, 6.45) is 1.86. The van der Waals surface area contributed by atoms with E-state index < -0.39 is 11.8 Å². The molecule has 8 heteroatoms. The monoisotopic (exact) mass is 341 g/mol. The smallest absolute Gasteiger partial charge is 0.350 e. The molecule has 5 nitrogen and oxygen atoms in total. The summed E-state index contributed by atoms with van der Waals surface area (Å²) in [4.78, 5) is 16.3. The standard InChI is InChI=1S/C14H13ClFN3O2S/c1-3-11-12(13(20)21-2)22-14(18-11)19-17-7-8-9(15)5-4-6-10(8)16/h4-7H,3H2,1-2H3,(H,18,19)/b17-7-. The summed E-state index contributed by atoms with van der Waals surface area (Å²) in [6.45, 7) is 1.88. The summed E-state index contributed by atoms with van der Waals surface area (Å²) in [5.74, 6) is -0.912. The fourth-order valence-electron chi connectivity index (χ4n) is 1.68. The van der Waals surface area contributed by atoms with Gasteiger partial charge < -0.3 is 4.74 Å². The maximum atomic E-state index is 13.6. The molecule has 116 valence electrons. The summed E-state index contributed by atoms with van der Waals surface area (Å²) >= 11 is 7.01. The molecule has 0 saturated carbocycles. The Morgan fingerprint density at radius 1 is 1.59 bits per heavy atom. The lowest BCUT2D eigenvalue weighted by molar-refractivity contribution is 0.0605. The molecular formula is C14H13ClFN3O2S. The molecule has 1 aromatic carbocycles. The second-order valence-corrected chi connectivity index (χ2v) is 5.55. The first-order chi connectivity index (χ1) is 10.6. The van der Waals surface area contributed by atoms with Crippen molar-refractivity contribution in [2.24, 2.45) is 5.10 Å². The molecule has 0 fully saturated rings. The summed E-state index contributed by atoms with van der Waals surface area (Å²) in [5.41, 5.74) is 3.47. The van der Waals surface area contributed by atoms with Gasteiger partial charge in [0.2, 0.25) is 5.13 Å². The fourth-order valence-corrected chi connectivity index (χ4v) is 2.81. The van der Waals surface area contributed by atoms with Crippen molar-refractivity contribution in [3.05, 3.63) is 45.2 Å². The molecule has 0 aliphatic carbocycles. The van der Waals surface area contributed by atoms with E-state index in [9.17, 15) is 9.18 Å². The Morgan fingerprint density at radius 3 is 3.00 bits per heavy atom. The molecule has 2 rings (SSSR count). The normalized spacial score (nSPS) is 10.9. The van der Waals surface area contributed by atoms with Gasteiger partial charge in [0.15, 0.2) is 0 Å². The first-order valence-corrected chi connectivity index (χ1v) is 7.57. The van der Waals surface area contributed by atoms with E-state index in [1.54, 1.807) is 6.07 Å². The predicted molar refractivity (Wildman–Crippen MR) is 85.5 cm³/mol. The number of methoxy groups -OCH3 is 1. The number of halogens is 2. The van der Waals surface area contributed by atoms with Crippen LogP contribution >= 0.6 is 22.9 Å². The van der Waals surface area contributed by atoms with Crippen LogP contribution in [0.15, 0.2) is 23.3 Å². The van der Waals surface area contributed by atoms with Crippen molar-refractivity contribution in [3.63, 3.8) is 0 Å². The Morgan fingerprint density at radius 2 is 2.36 bits per heavy atom. The second-order valence-electron chi connectivity index (χ2n) is 4.15. The number of esters is 1. The quantitative estimate of drug-likeness (QED) is 0.511. The number of nitrogens with one attached hydrogen (secondary N) is 1. The molecule has 0 bridgehead atoms. The van der Waals surface area contributed by atoms with Gasteiger partial charge in [-0.25, -0.2) is 14.2 Å². The number of rotatable bonds is 5. The number of aromatic nitrogens is 1. The Kier molecular flexibility index (Phi) is 5.46. The van der Waals surface area contributed by atoms with Crippen molar-refractivity contribution in [1.82, 2.24) is 4.98 Å². The van der Waals surface area contributed by atoms with E-state index in [1.165, 1.54) is 25.5 Å². The van der Waals surface area contributed by atoms with Gasteiger partial charge in [-0.2, -0.15) is 5.10 Å². The Hall–Kier alpha value is -1.99. The van der Waals surface area contributed by atoms with Crippen LogP contribution in [0.25, 0.3) is 0 Å². The number of hydrazone groups is 1. The molecule has 1 N–H and O–H groups in total. The van der Waals surface area contributed by atoms with E-state index in [0.717, 1.165) is 11.3 Å². The van der Waals surface area contributed by atoms with E-state index in [1.807, 2.05) is 6.92 Å². The topological polar surface area (TPSA) is 63.6 Å². The largest absolute Gasteiger partial charge is 0.465 e. The lowest BCUT2D eigenvalue weighted by Gasteiger charge is -1.99. The van der Waals surface area contributed by atoms with E-state index in [4.69, 9.17) is 16.3 Å². The number of benzene rings is 1. The minimum absolute atomic E-state index is 0.178. The van der Waals surface area contributed by atoms with Crippen molar-refractivity contribution in [2.45, 2.75) is 13.3 Å². The summed E-state index contributed by atoms with van der Waals surface area (Å²) in [6, 6.07) is 4.38. The number of hydrogen-bond acceptors (Lipinski definition) is 6. The van der Waals surface area contributed by atoms with Gasteiger partial charge in [0, 0.05) is 5.56 Å². The maximum Gasteiger partial charge on any atom is 0.350 e. The molecule has 1 aromatic heterocycles. The van der Waals surface area contributed by atoms with Crippen LogP contribution in [0.1, 0.15) is 27.9 Å². The van der Waals surface area contributed by atoms with Gasteiger partial charge in [-0.3, -0.25) is 5.43 Å². The van der Waals surface area contributed by atoms with Gasteiger partial charge in [-0.05, 0) is 18.6 Å². The molecule has 0 amide bonds. The van der Waals surface area contributed by atoms with E-state index in [2.05, 4.69) is 15.5 Å². The highest BCUT2D eigenvalue weighted by molar-refractivity contribution is 7.17. The minimum atomic E-state index is -0.471. The van der Waals surface area contributed by atoms with Crippen molar-refractivity contribution < 1.29 is 13.9 Å². The third kappa shape index (κ3) is 3.61. The highest BCUT2D eigenvalue weighted by Gasteiger charge is 2.17. The Balaban J connectivity index is 2.16. The Labute approximate surface area is 135 Å². The fraction of sp³-hybridized carbons (Fsp3) is 0.214. The number of hydrogen-bond donors (Lipinski definition) is 1. The van der Waals surface area contributed by atoms with Crippen LogP contribution in [0.5, 0.6) is 0 Å². The number of aryl methyl sites for hydroxylation is 1. The zero-order chi connectivity index (χ0) is 16.1. The van der Waals surface area contributed by atoms with Gasteiger partial charge in [-0.15, -0.1) is 0 Å². The number of anilines is 1. The highest BCUT2D eigenvalue weighted by atomic mass is 35.5. The van der Waals surface area contributed by atoms with Crippen LogP contribution in [-0.2, 0) is 11.2 Å². The summed E-state index contributed by atoms with van der Waals surface area (Å²) < 4.78 is 18.3. The number of thiazole rings is 1. The molecule has 0 aliphatic heterocycles. The van der Waals surface area contributed by atoms with Crippen LogP contribution in [0, 0.1) is 5.82 Å². The average Bonchev–Trinajstić information content (AvgIpc) is 2.92. The predicted octanol–water partition coefficient (Wildman–Crippen LogP) is 3.73. The molecule has 22 heavy (non-hydrogen) atoms. The van der Waals surface area contributed by atoms with Crippen LogP contribution in [-0.4, -0.2) is 24.3 Å². The van der Waals surface area contributed by atoms with E-state index >= 15 is 0 Å². The minimum Gasteiger partial charge on any atom is -0.465 e.